The zero-order valence-electron chi connectivity index (χ0n) is 13.8. The number of nitrogens with one attached hydrogen (secondary N) is 1. The monoisotopic (exact) mass is 332 g/mol. The van der Waals surface area contributed by atoms with Crippen LogP contribution < -0.4 is 25.3 Å². The number of nitrogen functional groups attached to an aromatic ring is 1. The van der Waals surface area contributed by atoms with E-state index >= 15 is 0 Å². The summed E-state index contributed by atoms with van der Waals surface area (Å²) in [4.78, 5) is 12.3. The molecule has 1 amide bonds. The Morgan fingerprint density at radius 1 is 1.12 bits per heavy atom. The van der Waals surface area contributed by atoms with E-state index in [2.05, 4.69) is 5.32 Å². The van der Waals surface area contributed by atoms with Gasteiger partial charge in [0, 0.05) is 12.1 Å². The molecule has 0 fully saturated rings. The molecule has 2 rings (SSSR count). The first-order chi connectivity index (χ1) is 11.5. The quantitative estimate of drug-likeness (QED) is 0.552. The molecule has 0 saturated carbocycles. The van der Waals surface area contributed by atoms with E-state index in [4.69, 9.17) is 19.9 Å². The molecule has 24 heavy (non-hydrogen) atoms. The smallest absolute Gasteiger partial charge is 0.255 e. The Kier molecular flexibility index (Phi) is 5.36. The zero-order valence-corrected chi connectivity index (χ0v) is 13.8. The van der Waals surface area contributed by atoms with Crippen LogP contribution in [-0.4, -0.2) is 32.3 Å². The summed E-state index contributed by atoms with van der Waals surface area (Å²) < 4.78 is 15.8. The van der Waals surface area contributed by atoms with Crippen LogP contribution >= 0.6 is 0 Å². The second kappa shape index (κ2) is 7.45. The van der Waals surface area contributed by atoms with Gasteiger partial charge in [-0.1, -0.05) is 6.07 Å². The van der Waals surface area contributed by atoms with Gasteiger partial charge in [0.05, 0.1) is 44.7 Å². The number of benzene rings is 2. The van der Waals surface area contributed by atoms with E-state index in [1.807, 2.05) is 0 Å². The number of rotatable bonds is 6. The van der Waals surface area contributed by atoms with Crippen LogP contribution in [0.25, 0.3) is 0 Å². The van der Waals surface area contributed by atoms with Crippen molar-refractivity contribution in [1.29, 1.82) is 0 Å². The van der Waals surface area contributed by atoms with Gasteiger partial charge in [0.15, 0.2) is 5.75 Å². The topological polar surface area (TPSA) is 103 Å². The molecule has 0 aliphatic carbocycles. The van der Waals surface area contributed by atoms with Crippen molar-refractivity contribution < 1.29 is 24.1 Å². The number of aromatic hydroxyl groups is 1. The molecule has 2 aromatic rings. The van der Waals surface area contributed by atoms with Crippen molar-refractivity contribution in [2.75, 3.05) is 27.1 Å². The van der Waals surface area contributed by atoms with Crippen molar-refractivity contribution in [2.45, 2.75) is 6.54 Å². The summed E-state index contributed by atoms with van der Waals surface area (Å²) >= 11 is 0. The molecule has 0 aliphatic heterocycles. The van der Waals surface area contributed by atoms with E-state index in [1.165, 1.54) is 33.5 Å². The maximum Gasteiger partial charge on any atom is 0.255 e. The molecule has 0 radical (unpaired) electrons. The normalized spacial score (nSPS) is 10.1. The molecule has 7 heteroatoms. The molecule has 0 atom stereocenters. The lowest BCUT2D eigenvalue weighted by Crippen LogP contribution is -2.23. The SMILES string of the molecule is COc1cc(OC)c(CNC(=O)c2cccc(N)c2O)c(OC)c1. The minimum Gasteiger partial charge on any atom is -0.505 e. The summed E-state index contributed by atoms with van der Waals surface area (Å²) in [5.41, 5.74) is 6.50. The van der Waals surface area contributed by atoms with Crippen LogP contribution in [0.1, 0.15) is 15.9 Å². The average Bonchev–Trinajstić information content (AvgIpc) is 2.61. The Hall–Kier alpha value is -3.09. The highest BCUT2D eigenvalue weighted by Crippen LogP contribution is 2.34. The highest BCUT2D eigenvalue weighted by Gasteiger charge is 2.17. The third kappa shape index (κ3) is 3.45. The highest BCUT2D eigenvalue weighted by molar-refractivity contribution is 5.98. The number of phenolic OH excluding ortho intramolecular Hbond substituents is 1. The van der Waals surface area contributed by atoms with E-state index < -0.39 is 5.91 Å². The fourth-order valence-corrected chi connectivity index (χ4v) is 2.26. The Labute approximate surface area is 139 Å². The molecule has 0 aromatic heterocycles. The van der Waals surface area contributed by atoms with Gasteiger partial charge in [0.25, 0.3) is 5.91 Å². The molecule has 128 valence electrons. The maximum absolute atomic E-state index is 12.3. The molecule has 2 aromatic carbocycles. The summed E-state index contributed by atoms with van der Waals surface area (Å²) in [6.45, 7) is 0.142. The fraction of sp³-hybridized carbons (Fsp3) is 0.235. The lowest BCUT2D eigenvalue weighted by Gasteiger charge is -2.16. The summed E-state index contributed by atoms with van der Waals surface area (Å²) in [6, 6.07) is 7.99. The third-order valence-corrected chi connectivity index (χ3v) is 3.55. The van der Waals surface area contributed by atoms with Crippen molar-refractivity contribution in [2.24, 2.45) is 0 Å². The van der Waals surface area contributed by atoms with Gasteiger partial charge in [0.1, 0.15) is 17.2 Å². The van der Waals surface area contributed by atoms with Crippen LogP contribution in [0.4, 0.5) is 5.69 Å². The number of anilines is 1. The van der Waals surface area contributed by atoms with Gasteiger partial charge in [-0.05, 0) is 12.1 Å². The molecule has 0 saturated heterocycles. The maximum atomic E-state index is 12.3. The number of nitrogens with two attached hydrogens (primary N) is 1. The molecular weight excluding hydrogens is 312 g/mol. The first kappa shape index (κ1) is 17.3. The summed E-state index contributed by atoms with van der Waals surface area (Å²) in [6.07, 6.45) is 0. The van der Waals surface area contributed by atoms with E-state index in [9.17, 15) is 9.90 Å². The van der Waals surface area contributed by atoms with Gasteiger partial charge in [-0.15, -0.1) is 0 Å². The number of methoxy groups -OCH3 is 3. The van der Waals surface area contributed by atoms with E-state index in [0.29, 0.717) is 22.8 Å². The summed E-state index contributed by atoms with van der Waals surface area (Å²) in [5.74, 6) is 0.905. The summed E-state index contributed by atoms with van der Waals surface area (Å²) in [7, 11) is 4.57. The number of amides is 1. The molecule has 0 unspecified atom stereocenters. The lowest BCUT2D eigenvalue weighted by atomic mass is 10.1. The molecule has 7 nitrogen and oxygen atoms in total. The third-order valence-electron chi connectivity index (χ3n) is 3.55. The van der Waals surface area contributed by atoms with Crippen molar-refractivity contribution >= 4 is 11.6 Å². The van der Waals surface area contributed by atoms with Crippen LogP contribution in [0.15, 0.2) is 30.3 Å². The van der Waals surface area contributed by atoms with Crippen LogP contribution in [0, 0.1) is 0 Å². The highest BCUT2D eigenvalue weighted by atomic mass is 16.5. The largest absolute Gasteiger partial charge is 0.505 e. The minimum atomic E-state index is -0.459. The first-order valence-electron chi connectivity index (χ1n) is 7.16. The van der Waals surface area contributed by atoms with E-state index in [1.54, 1.807) is 18.2 Å². The number of carbonyl (C=O) groups is 1. The van der Waals surface area contributed by atoms with Gasteiger partial charge >= 0.3 is 0 Å². The predicted molar refractivity (Wildman–Crippen MR) is 89.8 cm³/mol. The van der Waals surface area contributed by atoms with E-state index in [0.717, 1.165) is 0 Å². The summed E-state index contributed by atoms with van der Waals surface area (Å²) in [5, 5.41) is 12.6. The first-order valence-corrected chi connectivity index (χ1v) is 7.16. The second-order valence-corrected chi connectivity index (χ2v) is 4.94. The Morgan fingerprint density at radius 3 is 2.29 bits per heavy atom. The Morgan fingerprint density at radius 2 is 1.75 bits per heavy atom. The van der Waals surface area contributed by atoms with Crippen LogP contribution in [-0.2, 0) is 6.54 Å². The van der Waals surface area contributed by atoms with Gasteiger partial charge in [-0.3, -0.25) is 4.79 Å². The van der Waals surface area contributed by atoms with Gasteiger partial charge in [-0.2, -0.15) is 0 Å². The number of ether oxygens (including phenoxy) is 3. The number of carbonyl (C=O) groups excluding carboxylic acids is 1. The van der Waals surface area contributed by atoms with E-state index in [-0.39, 0.29) is 23.5 Å². The minimum absolute atomic E-state index is 0.0986. The van der Waals surface area contributed by atoms with Crippen molar-refractivity contribution in [1.82, 2.24) is 5.32 Å². The number of para-hydroxylation sites is 1. The van der Waals surface area contributed by atoms with Crippen molar-refractivity contribution in [3.05, 3.63) is 41.5 Å². The Balaban J connectivity index is 2.25. The fourth-order valence-electron chi connectivity index (χ4n) is 2.26. The number of hydrogen-bond acceptors (Lipinski definition) is 6. The molecular formula is C17H20N2O5. The molecule has 0 spiro atoms. The standard InChI is InChI=1S/C17H20N2O5/c1-22-10-7-14(23-2)12(15(8-10)24-3)9-19-17(21)11-5-4-6-13(18)16(11)20/h4-8,20H,9,18H2,1-3H3,(H,19,21). The molecule has 4 N–H and O–H groups in total. The van der Waals surface area contributed by atoms with Gasteiger partial charge < -0.3 is 30.4 Å². The average molecular weight is 332 g/mol. The van der Waals surface area contributed by atoms with Gasteiger partial charge in [-0.25, -0.2) is 0 Å². The van der Waals surface area contributed by atoms with Gasteiger partial charge in [0.2, 0.25) is 0 Å². The van der Waals surface area contributed by atoms with Crippen LogP contribution in [0.2, 0.25) is 0 Å². The van der Waals surface area contributed by atoms with Crippen molar-refractivity contribution in [3.63, 3.8) is 0 Å². The van der Waals surface area contributed by atoms with Crippen molar-refractivity contribution in [3.8, 4) is 23.0 Å². The number of hydrogen-bond donors (Lipinski definition) is 3. The lowest BCUT2D eigenvalue weighted by molar-refractivity contribution is 0.0948. The zero-order chi connectivity index (χ0) is 17.7. The number of phenols is 1. The Bertz CT molecular complexity index is 721. The molecule has 0 heterocycles. The molecule has 0 bridgehead atoms. The van der Waals surface area contributed by atoms with Crippen LogP contribution in [0.3, 0.4) is 0 Å². The predicted octanol–water partition coefficient (Wildman–Crippen LogP) is 1.93. The molecule has 0 aliphatic rings. The second-order valence-electron chi connectivity index (χ2n) is 4.94. The van der Waals surface area contributed by atoms with Crippen LogP contribution in [0.5, 0.6) is 23.0 Å².